The van der Waals surface area contributed by atoms with Crippen molar-refractivity contribution in [3.8, 4) is 0 Å². The smallest absolute Gasteiger partial charge is 0.170 e. The zero-order valence-electron chi connectivity index (χ0n) is 7.46. The van der Waals surface area contributed by atoms with Crippen molar-refractivity contribution in [1.82, 2.24) is 0 Å². The summed E-state index contributed by atoms with van der Waals surface area (Å²) in [4.78, 5) is 11.6. The largest absolute Gasteiger partial charge is 0.293 e. The van der Waals surface area contributed by atoms with Crippen LogP contribution in [0.15, 0.2) is 36.9 Å². The first-order chi connectivity index (χ1) is 6.16. The predicted molar refractivity (Wildman–Crippen MR) is 55.1 cm³/mol. The highest BCUT2D eigenvalue weighted by atomic mass is 35.5. The van der Waals surface area contributed by atoms with Crippen LogP contribution >= 0.6 is 11.6 Å². The van der Waals surface area contributed by atoms with E-state index in [0.717, 1.165) is 0 Å². The van der Waals surface area contributed by atoms with Crippen molar-refractivity contribution in [3.63, 3.8) is 0 Å². The van der Waals surface area contributed by atoms with Crippen LogP contribution in [0.25, 0.3) is 0 Å². The number of hydrogen-bond acceptors (Lipinski definition) is 1. The summed E-state index contributed by atoms with van der Waals surface area (Å²) in [5.74, 6) is -0.166. The normalized spacial score (nSPS) is 12.2. The minimum Gasteiger partial charge on any atom is -0.293 e. The third-order valence-electron chi connectivity index (χ3n) is 1.91. The van der Waals surface area contributed by atoms with Crippen LogP contribution in [0.5, 0.6) is 0 Å². The summed E-state index contributed by atoms with van der Waals surface area (Å²) in [6, 6.07) is 7.04. The van der Waals surface area contributed by atoms with Crippen molar-refractivity contribution in [3.05, 3.63) is 47.5 Å². The summed E-state index contributed by atoms with van der Waals surface area (Å²) in [6.45, 7) is 5.38. The van der Waals surface area contributed by atoms with Crippen molar-refractivity contribution in [2.24, 2.45) is 5.92 Å². The molecule has 0 heterocycles. The second-order valence-electron chi connectivity index (χ2n) is 2.87. The molecule has 0 aliphatic carbocycles. The van der Waals surface area contributed by atoms with E-state index in [1.54, 1.807) is 37.3 Å². The summed E-state index contributed by atoms with van der Waals surface area (Å²) >= 11 is 5.87. The molecule has 0 bridgehead atoms. The SMILES string of the molecule is C=CC(C)C(=O)c1ccccc1Cl. The van der Waals surface area contributed by atoms with E-state index in [-0.39, 0.29) is 11.7 Å². The average Bonchev–Trinajstić information content (AvgIpc) is 2.16. The second-order valence-corrected chi connectivity index (χ2v) is 3.28. The van der Waals surface area contributed by atoms with E-state index >= 15 is 0 Å². The van der Waals surface area contributed by atoms with Crippen LogP contribution in [0.1, 0.15) is 17.3 Å². The lowest BCUT2D eigenvalue weighted by molar-refractivity contribution is 0.0953. The van der Waals surface area contributed by atoms with Crippen LogP contribution in [0, 0.1) is 5.92 Å². The van der Waals surface area contributed by atoms with Gasteiger partial charge in [-0.15, -0.1) is 6.58 Å². The highest BCUT2D eigenvalue weighted by Gasteiger charge is 2.13. The Morgan fingerprint density at radius 2 is 2.15 bits per heavy atom. The van der Waals surface area contributed by atoms with Gasteiger partial charge in [0.2, 0.25) is 0 Å². The summed E-state index contributed by atoms with van der Waals surface area (Å²) < 4.78 is 0. The number of Topliss-reactive ketones (excluding diaryl/α,β-unsaturated/α-hetero) is 1. The van der Waals surface area contributed by atoms with Gasteiger partial charge in [0.05, 0.1) is 5.02 Å². The molecule has 0 N–H and O–H groups in total. The summed E-state index contributed by atoms with van der Waals surface area (Å²) in [7, 11) is 0. The lowest BCUT2D eigenvalue weighted by atomic mass is 10.00. The average molecular weight is 195 g/mol. The molecule has 0 saturated heterocycles. The Bertz CT molecular complexity index is 331. The Balaban J connectivity index is 3.02. The Morgan fingerprint density at radius 3 is 2.69 bits per heavy atom. The van der Waals surface area contributed by atoms with Gasteiger partial charge in [-0.25, -0.2) is 0 Å². The van der Waals surface area contributed by atoms with Crippen molar-refractivity contribution < 1.29 is 4.79 Å². The molecule has 0 saturated carbocycles. The monoisotopic (exact) mass is 194 g/mol. The molecule has 0 spiro atoms. The fourth-order valence-electron chi connectivity index (χ4n) is 1.01. The number of halogens is 1. The molecule has 68 valence electrons. The van der Waals surface area contributed by atoms with Crippen LogP contribution < -0.4 is 0 Å². The van der Waals surface area contributed by atoms with Gasteiger partial charge < -0.3 is 0 Å². The van der Waals surface area contributed by atoms with Gasteiger partial charge in [0.1, 0.15) is 0 Å². The minimum absolute atomic E-state index is 0.0144. The summed E-state index contributed by atoms with van der Waals surface area (Å²) in [5.41, 5.74) is 0.566. The van der Waals surface area contributed by atoms with Gasteiger partial charge in [0.25, 0.3) is 0 Å². The zero-order valence-corrected chi connectivity index (χ0v) is 8.21. The van der Waals surface area contributed by atoms with Gasteiger partial charge in [-0.3, -0.25) is 4.79 Å². The maximum Gasteiger partial charge on any atom is 0.170 e. The van der Waals surface area contributed by atoms with Crippen LogP contribution in [-0.4, -0.2) is 5.78 Å². The molecular weight excluding hydrogens is 184 g/mol. The number of hydrogen-bond donors (Lipinski definition) is 0. The molecule has 1 nitrogen and oxygen atoms in total. The lowest BCUT2D eigenvalue weighted by Gasteiger charge is -2.05. The molecule has 0 fully saturated rings. The molecule has 1 rings (SSSR count). The molecule has 0 aromatic heterocycles. The molecule has 1 atom stereocenters. The van der Waals surface area contributed by atoms with E-state index < -0.39 is 0 Å². The van der Waals surface area contributed by atoms with Gasteiger partial charge in [0.15, 0.2) is 5.78 Å². The quantitative estimate of drug-likeness (QED) is 0.533. The molecule has 1 aromatic rings. The standard InChI is InChI=1S/C11H11ClO/c1-3-8(2)11(13)9-6-4-5-7-10(9)12/h3-8H,1H2,2H3. The highest BCUT2D eigenvalue weighted by Crippen LogP contribution is 2.18. The summed E-state index contributed by atoms with van der Waals surface area (Å²) in [5, 5.41) is 0.501. The van der Waals surface area contributed by atoms with Gasteiger partial charge >= 0.3 is 0 Å². The van der Waals surface area contributed by atoms with E-state index in [1.165, 1.54) is 0 Å². The molecule has 13 heavy (non-hydrogen) atoms. The molecule has 0 amide bonds. The predicted octanol–water partition coefficient (Wildman–Crippen LogP) is 3.34. The van der Waals surface area contributed by atoms with Crippen molar-refractivity contribution in [2.75, 3.05) is 0 Å². The lowest BCUT2D eigenvalue weighted by Crippen LogP contribution is -2.08. The number of benzene rings is 1. The fraction of sp³-hybridized carbons (Fsp3) is 0.182. The Morgan fingerprint density at radius 1 is 1.54 bits per heavy atom. The van der Waals surface area contributed by atoms with Crippen molar-refractivity contribution in [2.45, 2.75) is 6.92 Å². The third-order valence-corrected chi connectivity index (χ3v) is 2.24. The molecule has 0 aliphatic rings. The first-order valence-electron chi connectivity index (χ1n) is 4.08. The molecule has 1 aromatic carbocycles. The first-order valence-corrected chi connectivity index (χ1v) is 4.46. The van der Waals surface area contributed by atoms with Gasteiger partial charge in [-0.1, -0.05) is 36.7 Å². The fourth-order valence-corrected chi connectivity index (χ4v) is 1.24. The Labute approximate surface area is 83.0 Å². The van der Waals surface area contributed by atoms with E-state index in [4.69, 9.17) is 11.6 Å². The van der Waals surface area contributed by atoms with Crippen LogP contribution in [0.3, 0.4) is 0 Å². The number of carbonyl (C=O) groups is 1. The van der Waals surface area contributed by atoms with E-state index in [1.807, 2.05) is 0 Å². The van der Waals surface area contributed by atoms with Gasteiger partial charge in [0, 0.05) is 11.5 Å². The van der Waals surface area contributed by atoms with Crippen LogP contribution in [0.4, 0.5) is 0 Å². The maximum atomic E-state index is 11.6. The number of rotatable bonds is 3. The topological polar surface area (TPSA) is 17.1 Å². The van der Waals surface area contributed by atoms with E-state index in [0.29, 0.717) is 10.6 Å². The van der Waals surface area contributed by atoms with Crippen molar-refractivity contribution >= 4 is 17.4 Å². The molecule has 1 unspecified atom stereocenters. The number of carbonyl (C=O) groups excluding carboxylic acids is 1. The molecule has 0 radical (unpaired) electrons. The highest BCUT2D eigenvalue weighted by molar-refractivity contribution is 6.34. The van der Waals surface area contributed by atoms with Crippen molar-refractivity contribution in [1.29, 1.82) is 0 Å². The summed E-state index contributed by atoms with van der Waals surface area (Å²) in [6.07, 6.45) is 1.62. The molecular formula is C11H11ClO. The Hall–Kier alpha value is -1.08. The zero-order chi connectivity index (χ0) is 9.84. The maximum absolute atomic E-state index is 11.6. The van der Waals surface area contributed by atoms with Crippen LogP contribution in [-0.2, 0) is 0 Å². The number of allylic oxidation sites excluding steroid dienone is 1. The van der Waals surface area contributed by atoms with Gasteiger partial charge in [-0.05, 0) is 12.1 Å². The minimum atomic E-state index is -0.181. The second kappa shape index (κ2) is 4.24. The molecule has 0 aliphatic heterocycles. The third kappa shape index (κ3) is 2.19. The first kappa shape index (κ1) is 10.0. The molecule has 2 heteroatoms. The van der Waals surface area contributed by atoms with Gasteiger partial charge in [-0.2, -0.15) is 0 Å². The van der Waals surface area contributed by atoms with E-state index in [9.17, 15) is 4.79 Å². The van der Waals surface area contributed by atoms with E-state index in [2.05, 4.69) is 6.58 Å². The Kier molecular flexibility index (Phi) is 3.26. The van der Waals surface area contributed by atoms with Crippen LogP contribution in [0.2, 0.25) is 5.02 Å². The number of ketones is 1.